The number of aryl methyl sites for hydroxylation is 2. The highest BCUT2D eigenvalue weighted by molar-refractivity contribution is 7.10. The summed E-state index contributed by atoms with van der Waals surface area (Å²) in [5, 5.41) is 5.51. The lowest BCUT2D eigenvalue weighted by Crippen LogP contribution is -2.08. The molecule has 2 aromatic rings. The molecule has 0 aliphatic carbocycles. The quantitative estimate of drug-likeness (QED) is 0.897. The van der Waals surface area contributed by atoms with Crippen LogP contribution in [0.4, 0.5) is 5.82 Å². The molecular formula is C13H17N3S. The molecule has 0 aromatic carbocycles. The molecule has 2 aromatic heterocycles. The molecule has 0 amide bonds. The van der Waals surface area contributed by atoms with E-state index in [4.69, 9.17) is 0 Å². The summed E-state index contributed by atoms with van der Waals surface area (Å²) in [6.45, 7) is 6.18. The van der Waals surface area contributed by atoms with Crippen LogP contribution in [-0.4, -0.2) is 9.97 Å². The van der Waals surface area contributed by atoms with Crippen molar-refractivity contribution in [2.75, 3.05) is 5.32 Å². The van der Waals surface area contributed by atoms with Crippen molar-refractivity contribution in [3.8, 4) is 0 Å². The van der Waals surface area contributed by atoms with E-state index in [0.717, 1.165) is 23.8 Å². The number of anilines is 1. The summed E-state index contributed by atoms with van der Waals surface area (Å²) in [5.74, 6) is 1.74. The molecule has 1 atom stereocenters. The predicted octanol–water partition coefficient (Wildman–Crippen LogP) is 3.58. The van der Waals surface area contributed by atoms with Crippen LogP contribution in [0.5, 0.6) is 0 Å². The molecule has 0 aliphatic heterocycles. The zero-order valence-electron chi connectivity index (χ0n) is 10.4. The first-order valence-corrected chi connectivity index (χ1v) is 6.71. The summed E-state index contributed by atoms with van der Waals surface area (Å²) >= 11 is 1.76. The molecule has 0 fully saturated rings. The molecule has 90 valence electrons. The van der Waals surface area contributed by atoms with Gasteiger partial charge in [0, 0.05) is 16.6 Å². The van der Waals surface area contributed by atoms with Crippen LogP contribution in [-0.2, 0) is 6.42 Å². The van der Waals surface area contributed by atoms with E-state index in [1.807, 2.05) is 13.0 Å². The van der Waals surface area contributed by atoms with Crippen LogP contribution in [0.3, 0.4) is 0 Å². The van der Waals surface area contributed by atoms with Gasteiger partial charge in [-0.05, 0) is 31.7 Å². The van der Waals surface area contributed by atoms with E-state index in [9.17, 15) is 0 Å². The Bertz CT molecular complexity index is 479. The molecule has 3 nitrogen and oxygen atoms in total. The fourth-order valence-electron chi connectivity index (χ4n) is 1.72. The Balaban J connectivity index is 2.15. The highest BCUT2D eigenvalue weighted by Crippen LogP contribution is 2.22. The molecule has 17 heavy (non-hydrogen) atoms. The average Bonchev–Trinajstić information content (AvgIpc) is 2.81. The molecule has 0 aliphatic rings. The third-order valence-corrected chi connectivity index (χ3v) is 3.64. The van der Waals surface area contributed by atoms with Crippen molar-refractivity contribution < 1.29 is 0 Å². The van der Waals surface area contributed by atoms with Crippen molar-refractivity contribution in [1.82, 2.24) is 9.97 Å². The minimum absolute atomic E-state index is 0.286. The molecule has 2 rings (SSSR count). The Morgan fingerprint density at radius 1 is 1.41 bits per heavy atom. The second-order valence-electron chi connectivity index (χ2n) is 4.03. The zero-order chi connectivity index (χ0) is 12.3. The second kappa shape index (κ2) is 5.27. The largest absolute Gasteiger partial charge is 0.363 e. The van der Waals surface area contributed by atoms with Crippen molar-refractivity contribution in [1.29, 1.82) is 0 Å². The third kappa shape index (κ3) is 3.03. The number of aromatic nitrogens is 2. The first-order valence-electron chi connectivity index (χ1n) is 5.83. The molecule has 0 saturated carbocycles. The maximum atomic E-state index is 4.41. The Kier molecular flexibility index (Phi) is 3.74. The fourth-order valence-corrected chi connectivity index (χ4v) is 2.45. The fraction of sp³-hybridized carbons (Fsp3) is 0.385. The van der Waals surface area contributed by atoms with Crippen LogP contribution >= 0.6 is 11.3 Å². The van der Waals surface area contributed by atoms with Gasteiger partial charge in [-0.2, -0.15) is 0 Å². The highest BCUT2D eigenvalue weighted by Gasteiger charge is 2.08. The first-order chi connectivity index (χ1) is 8.19. The van der Waals surface area contributed by atoms with Gasteiger partial charge >= 0.3 is 0 Å². The van der Waals surface area contributed by atoms with Crippen molar-refractivity contribution in [2.45, 2.75) is 33.2 Å². The van der Waals surface area contributed by atoms with Crippen LogP contribution in [0, 0.1) is 6.92 Å². The summed E-state index contributed by atoms with van der Waals surface area (Å²) in [6.07, 6.45) is 0.936. The van der Waals surface area contributed by atoms with Gasteiger partial charge in [-0.15, -0.1) is 11.3 Å². The number of nitrogens with zero attached hydrogens (tertiary/aromatic N) is 2. The minimum atomic E-state index is 0.286. The highest BCUT2D eigenvalue weighted by atomic mass is 32.1. The summed E-state index contributed by atoms with van der Waals surface area (Å²) < 4.78 is 0. The van der Waals surface area contributed by atoms with Crippen LogP contribution < -0.4 is 5.32 Å². The van der Waals surface area contributed by atoms with Crippen molar-refractivity contribution in [3.63, 3.8) is 0 Å². The first kappa shape index (κ1) is 12.0. The van der Waals surface area contributed by atoms with Crippen LogP contribution in [0.1, 0.15) is 36.3 Å². The Morgan fingerprint density at radius 2 is 2.24 bits per heavy atom. The molecule has 0 bridgehead atoms. The SMILES string of the molecule is CCc1cc(NC(C)c2cccs2)nc(C)n1. The van der Waals surface area contributed by atoms with Crippen molar-refractivity contribution in [3.05, 3.63) is 40.0 Å². The summed E-state index contributed by atoms with van der Waals surface area (Å²) in [7, 11) is 0. The van der Waals surface area contributed by atoms with E-state index in [-0.39, 0.29) is 6.04 Å². The summed E-state index contributed by atoms with van der Waals surface area (Å²) in [5.41, 5.74) is 1.08. The second-order valence-corrected chi connectivity index (χ2v) is 5.01. The lowest BCUT2D eigenvalue weighted by molar-refractivity contribution is 0.874. The number of hydrogen-bond acceptors (Lipinski definition) is 4. The van der Waals surface area contributed by atoms with Crippen molar-refractivity contribution >= 4 is 17.2 Å². The van der Waals surface area contributed by atoms with E-state index in [1.165, 1.54) is 4.88 Å². The Morgan fingerprint density at radius 3 is 2.88 bits per heavy atom. The van der Waals surface area contributed by atoms with Crippen LogP contribution in [0.25, 0.3) is 0 Å². The maximum absolute atomic E-state index is 4.41. The normalized spacial score (nSPS) is 12.4. The van der Waals surface area contributed by atoms with Gasteiger partial charge in [0.05, 0.1) is 6.04 Å². The molecule has 0 spiro atoms. The van der Waals surface area contributed by atoms with Gasteiger partial charge in [0.2, 0.25) is 0 Å². The van der Waals surface area contributed by atoms with E-state index >= 15 is 0 Å². The minimum Gasteiger partial charge on any atom is -0.363 e. The third-order valence-electron chi connectivity index (χ3n) is 2.59. The monoisotopic (exact) mass is 247 g/mol. The number of nitrogens with one attached hydrogen (secondary N) is 1. The Hall–Kier alpha value is -1.42. The average molecular weight is 247 g/mol. The van der Waals surface area contributed by atoms with Gasteiger partial charge in [-0.1, -0.05) is 13.0 Å². The molecular weight excluding hydrogens is 230 g/mol. The van der Waals surface area contributed by atoms with Crippen molar-refractivity contribution in [2.24, 2.45) is 0 Å². The summed E-state index contributed by atoms with van der Waals surface area (Å²) in [6, 6.07) is 6.52. The summed E-state index contributed by atoms with van der Waals surface area (Å²) in [4.78, 5) is 10.1. The van der Waals surface area contributed by atoms with E-state index in [2.05, 4.69) is 46.6 Å². The molecule has 2 heterocycles. The van der Waals surface area contributed by atoms with Gasteiger partial charge in [0.1, 0.15) is 11.6 Å². The topological polar surface area (TPSA) is 37.8 Å². The molecule has 0 radical (unpaired) electrons. The van der Waals surface area contributed by atoms with Crippen LogP contribution in [0.2, 0.25) is 0 Å². The van der Waals surface area contributed by atoms with Gasteiger partial charge < -0.3 is 5.32 Å². The van der Waals surface area contributed by atoms with Gasteiger partial charge in [-0.25, -0.2) is 9.97 Å². The molecule has 4 heteroatoms. The van der Waals surface area contributed by atoms with E-state index < -0.39 is 0 Å². The lowest BCUT2D eigenvalue weighted by atomic mass is 10.2. The molecule has 1 N–H and O–H groups in total. The van der Waals surface area contributed by atoms with E-state index in [0.29, 0.717) is 0 Å². The van der Waals surface area contributed by atoms with Crippen LogP contribution in [0.15, 0.2) is 23.6 Å². The van der Waals surface area contributed by atoms with Gasteiger partial charge in [-0.3, -0.25) is 0 Å². The smallest absolute Gasteiger partial charge is 0.130 e. The molecule has 1 unspecified atom stereocenters. The predicted molar refractivity (Wildman–Crippen MR) is 72.5 cm³/mol. The van der Waals surface area contributed by atoms with Gasteiger partial charge in [0.25, 0.3) is 0 Å². The molecule has 0 saturated heterocycles. The van der Waals surface area contributed by atoms with E-state index in [1.54, 1.807) is 11.3 Å². The zero-order valence-corrected chi connectivity index (χ0v) is 11.2. The maximum Gasteiger partial charge on any atom is 0.130 e. The number of hydrogen-bond donors (Lipinski definition) is 1. The van der Waals surface area contributed by atoms with Gasteiger partial charge in [0.15, 0.2) is 0 Å². The number of thiophene rings is 1. The lowest BCUT2D eigenvalue weighted by Gasteiger charge is -2.13. The number of rotatable bonds is 4. The Labute approximate surface area is 106 Å². The standard InChI is InChI=1S/C13H17N3S/c1-4-11-8-13(16-10(3)15-11)14-9(2)12-6-5-7-17-12/h5-9H,4H2,1-3H3,(H,14,15,16).